The highest BCUT2D eigenvalue weighted by molar-refractivity contribution is 4.77. The van der Waals surface area contributed by atoms with Crippen molar-refractivity contribution in [1.82, 2.24) is 5.32 Å². The van der Waals surface area contributed by atoms with Gasteiger partial charge in [0.2, 0.25) is 0 Å². The minimum absolute atomic E-state index is 0.662. The van der Waals surface area contributed by atoms with Crippen molar-refractivity contribution in [2.24, 2.45) is 11.8 Å². The first-order valence-corrected chi connectivity index (χ1v) is 5.85. The van der Waals surface area contributed by atoms with E-state index in [1.165, 1.54) is 25.7 Å². The van der Waals surface area contributed by atoms with Crippen molar-refractivity contribution in [3.63, 3.8) is 0 Å². The van der Waals surface area contributed by atoms with Crippen LogP contribution in [-0.4, -0.2) is 12.1 Å². The van der Waals surface area contributed by atoms with E-state index in [2.05, 4.69) is 33.0 Å². The van der Waals surface area contributed by atoms with Crippen LogP contribution in [0.2, 0.25) is 0 Å². The second-order valence-electron chi connectivity index (χ2n) is 5.13. The van der Waals surface area contributed by atoms with E-state index in [1.807, 2.05) is 0 Å². The lowest BCUT2D eigenvalue weighted by atomic mass is 9.81. The van der Waals surface area contributed by atoms with E-state index in [4.69, 9.17) is 0 Å². The largest absolute Gasteiger partial charge is 0.312 e. The molecule has 78 valence electrons. The highest BCUT2D eigenvalue weighted by Gasteiger charge is 2.20. The first-order valence-electron chi connectivity index (χ1n) is 5.85. The van der Waals surface area contributed by atoms with Gasteiger partial charge in [-0.3, -0.25) is 0 Å². The summed E-state index contributed by atoms with van der Waals surface area (Å²) in [6.45, 7) is 9.20. The smallest absolute Gasteiger partial charge is 0.00642 e. The molecular weight excluding hydrogens is 158 g/mol. The summed E-state index contributed by atoms with van der Waals surface area (Å²) in [5.74, 6) is 1.78. The zero-order chi connectivity index (χ0) is 9.84. The van der Waals surface area contributed by atoms with Gasteiger partial charge in [0.15, 0.2) is 0 Å². The standard InChI is InChI=1S/C12H25N/c1-9(2)11(4)13-10(3)8-12-6-5-7-12/h9-13H,5-8H2,1-4H3. The van der Waals surface area contributed by atoms with E-state index in [-0.39, 0.29) is 0 Å². The molecule has 2 unspecified atom stereocenters. The van der Waals surface area contributed by atoms with Gasteiger partial charge in [-0.2, -0.15) is 0 Å². The van der Waals surface area contributed by atoms with E-state index in [0.29, 0.717) is 12.1 Å². The van der Waals surface area contributed by atoms with Gasteiger partial charge < -0.3 is 5.32 Å². The molecule has 0 radical (unpaired) electrons. The van der Waals surface area contributed by atoms with Gasteiger partial charge in [0.05, 0.1) is 0 Å². The molecule has 1 fully saturated rings. The number of nitrogens with one attached hydrogen (secondary N) is 1. The molecule has 1 saturated carbocycles. The van der Waals surface area contributed by atoms with Crippen molar-refractivity contribution >= 4 is 0 Å². The van der Waals surface area contributed by atoms with E-state index < -0.39 is 0 Å². The SMILES string of the molecule is CC(CC1CCC1)NC(C)C(C)C. The highest BCUT2D eigenvalue weighted by atomic mass is 14.9. The van der Waals surface area contributed by atoms with E-state index in [9.17, 15) is 0 Å². The van der Waals surface area contributed by atoms with E-state index >= 15 is 0 Å². The third-order valence-corrected chi connectivity index (χ3v) is 3.46. The summed E-state index contributed by atoms with van der Waals surface area (Å²) in [6, 6.07) is 1.37. The number of rotatable bonds is 5. The van der Waals surface area contributed by atoms with E-state index in [1.54, 1.807) is 0 Å². The molecule has 1 nitrogen and oxygen atoms in total. The summed E-state index contributed by atoms with van der Waals surface area (Å²) in [6.07, 6.45) is 5.80. The zero-order valence-electron chi connectivity index (χ0n) is 9.64. The van der Waals surface area contributed by atoms with Gasteiger partial charge in [0.25, 0.3) is 0 Å². The molecule has 1 aliphatic rings. The predicted octanol–water partition coefficient (Wildman–Crippen LogP) is 3.20. The molecule has 0 saturated heterocycles. The molecule has 1 N–H and O–H groups in total. The molecule has 0 aliphatic heterocycles. The van der Waals surface area contributed by atoms with Crippen molar-refractivity contribution in [2.45, 2.75) is 65.5 Å². The third kappa shape index (κ3) is 3.68. The summed E-state index contributed by atoms with van der Waals surface area (Å²) in [5.41, 5.74) is 0. The van der Waals surface area contributed by atoms with Crippen LogP contribution in [0.1, 0.15) is 53.4 Å². The van der Waals surface area contributed by atoms with Gasteiger partial charge in [-0.1, -0.05) is 33.1 Å². The summed E-state index contributed by atoms with van der Waals surface area (Å²) >= 11 is 0. The van der Waals surface area contributed by atoms with Gasteiger partial charge in [0, 0.05) is 12.1 Å². The quantitative estimate of drug-likeness (QED) is 0.690. The normalized spacial score (nSPS) is 22.8. The first kappa shape index (κ1) is 11.0. The van der Waals surface area contributed by atoms with Gasteiger partial charge >= 0.3 is 0 Å². The van der Waals surface area contributed by atoms with Crippen molar-refractivity contribution in [3.8, 4) is 0 Å². The summed E-state index contributed by atoms with van der Waals surface area (Å²) < 4.78 is 0. The monoisotopic (exact) mass is 183 g/mol. The molecule has 0 amide bonds. The van der Waals surface area contributed by atoms with Crippen LogP contribution < -0.4 is 5.32 Å². The topological polar surface area (TPSA) is 12.0 Å². The third-order valence-electron chi connectivity index (χ3n) is 3.46. The predicted molar refractivity (Wildman–Crippen MR) is 58.9 cm³/mol. The Morgan fingerprint density at radius 2 is 1.77 bits per heavy atom. The molecule has 0 aromatic carbocycles. The number of hydrogen-bond donors (Lipinski definition) is 1. The second-order valence-corrected chi connectivity index (χ2v) is 5.13. The van der Waals surface area contributed by atoms with Crippen molar-refractivity contribution in [2.75, 3.05) is 0 Å². The Labute approximate surface area is 83.3 Å². The lowest BCUT2D eigenvalue weighted by molar-refractivity contribution is 0.251. The van der Waals surface area contributed by atoms with Crippen LogP contribution in [0.4, 0.5) is 0 Å². The van der Waals surface area contributed by atoms with Crippen LogP contribution in [0.25, 0.3) is 0 Å². The maximum absolute atomic E-state index is 3.68. The Morgan fingerprint density at radius 1 is 1.15 bits per heavy atom. The molecule has 0 spiro atoms. The highest BCUT2D eigenvalue weighted by Crippen LogP contribution is 2.30. The molecular formula is C12H25N. The van der Waals surface area contributed by atoms with Gasteiger partial charge in [-0.15, -0.1) is 0 Å². The first-order chi connectivity index (χ1) is 6.09. The molecule has 0 bridgehead atoms. The molecule has 1 rings (SSSR count). The minimum Gasteiger partial charge on any atom is -0.312 e. The second kappa shape index (κ2) is 4.99. The molecule has 1 heteroatoms. The summed E-state index contributed by atoms with van der Waals surface area (Å²) in [7, 11) is 0. The zero-order valence-corrected chi connectivity index (χ0v) is 9.64. The fourth-order valence-electron chi connectivity index (χ4n) is 1.94. The molecule has 0 aromatic heterocycles. The van der Waals surface area contributed by atoms with Crippen LogP contribution in [-0.2, 0) is 0 Å². The Hall–Kier alpha value is -0.0400. The average Bonchev–Trinajstić information content (AvgIpc) is 1.96. The molecule has 1 aliphatic carbocycles. The molecule has 0 aromatic rings. The van der Waals surface area contributed by atoms with Gasteiger partial charge in [0.1, 0.15) is 0 Å². The van der Waals surface area contributed by atoms with Crippen LogP contribution in [0.3, 0.4) is 0 Å². The van der Waals surface area contributed by atoms with Gasteiger partial charge in [-0.25, -0.2) is 0 Å². The van der Waals surface area contributed by atoms with E-state index in [0.717, 1.165) is 11.8 Å². The average molecular weight is 183 g/mol. The van der Waals surface area contributed by atoms with Crippen molar-refractivity contribution < 1.29 is 0 Å². The lowest BCUT2D eigenvalue weighted by Crippen LogP contribution is -2.39. The van der Waals surface area contributed by atoms with Gasteiger partial charge in [-0.05, 0) is 32.1 Å². The van der Waals surface area contributed by atoms with Crippen molar-refractivity contribution in [3.05, 3.63) is 0 Å². The van der Waals surface area contributed by atoms with Crippen LogP contribution in [0.15, 0.2) is 0 Å². The Balaban J connectivity index is 2.12. The van der Waals surface area contributed by atoms with Crippen LogP contribution in [0, 0.1) is 11.8 Å². The lowest BCUT2D eigenvalue weighted by Gasteiger charge is -2.30. The number of hydrogen-bond acceptors (Lipinski definition) is 1. The minimum atomic E-state index is 0.662. The fraction of sp³-hybridized carbons (Fsp3) is 1.00. The van der Waals surface area contributed by atoms with Crippen LogP contribution >= 0.6 is 0 Å². The maximum atomic E-state index is 3.68. The Kier molecular flexibility index (Phi) is 4.24. The van der Waals surface area contributed by atoms with Crippen LogP contribution in [0.5, 0.6) is 0 Å². The molecule has 2 atom stereocenters. The Morgan fingerprint density at radius 3 is 2.15 bits per heavy atom. The Bertz CT molecular complexity index is 138. The fourth-order valence-corrected chi connectivity index (χ4v) is 1.94. The summed E-state index contributed by atoms with van der Waals surface area (Å²) in [5, 5.41) is 3.68. The molecule has 0 heterocycles. The summed E-state index contributed by atoms with van der Waals surface area (Å²) in [4.78, 5) is 0. The molecule has 13 heavy (non-hydrogen) atoms. The van der Waals surface area contributed by atoms with Crippen molar-refractivity contribution in [1.29, 1.82) is 0 Å². The maximum Gasteiger partial charge on any atom is 0.00642 e.